The fraction of sp³-hybridized carbons (Fsp3) is 0.508. The van der Waals surface area contributed by atoms with Crippen molar-refractivity contribution in [2.75, 3.05) is 6.61 Å². The van der Waals surface area contributed by atoms with Gasteiger partial charge in [-0.1, -0.05) is 138 Å². The molecule has 1 saturated heterocycles. The van der Waals surface area contributed by atoms with Crippen molar-refractivity contribution in [1.82, 2.24) is 0 Å². The maximum absolute atomic E-state index is 14.2. The molecule has 10 heteroatoms. The van der Waals surface area contributed by atoms with E-state index in [0.29, 0.717) is 29.2 Å². The van der Waals surface area contributed by atoms with Crippen molar-refractivity contribution in [3.63, 3.8) is 0 Å². The Bertz CT molecular complexity index is 2480. The predicted molar refractivity (Wildman–Crippen MR) is 270 cm³/mol. The Hall–Kier alpha value is -5.58. The van der Waals surface area contributed by atoms with Crippen molar-refractivity contribution in [2.24, 2.45) is 46.3 Å². The lowest BCUT2D eigenvalue weighted by Crippen LogP contribution is -2.63. The van der Waals surface area contributed by atoms with Gasteiger partial charge in [-0.05, 0) is 146 Å². The molecule has 0 spiro atoms. The number of ether oxygens (including phenoxy) is 6. The lowest BCUT2D eigenvalue weighted by Gasteiger charge is -2.58. The number of benzene rings is 4. The maximum Gasteiger partial charge on any atom is 0.338 e. The highest BCUT2D eigenvalue weighted by Gasteiger charge is 2.60. The number of esters is 4. The molecule has 4 aromatic rings. The van der Waals surface area contributed by atoms with Crippen LogP contribution in [0.3, 0.4) is 0 Å². The van der Waals surface area contributed by atoms with Crippen LogP contribution in [0.2, 0.25) is 0 Å². The number of carbonyl (C=O) groups is 4. The molecule has 1 heterocycles. The molecule has 376 valence electrons. The molecule has 4 aliphatic carbocycles. The second kappa shape index (κ2) is 22.0. The van der Waals surface area contributed by atoms with Gasteiger partial charge >= 0.3 is 23.9 Å². The van der Waals surface area contributed by atoms with E-state index < -0.39 is 61.2 Å². The molecule has 1 aliphatic heterocycles. The minimum absolute atomic E-state index is 0.0241. The van der Waals surface area contributed by atoms with E-state index >= 15 is 0 Å². The van der Waals surface area contributed by atoms with Crippen molar-refractivity contribution in [3.05, 3.63) is 155 Å². The lowest BCUT2D eigenvalue weighted by molar-refractivity contribution is -0.310. The molecule has 4 fully saturated rings. The molecule has 0 unspecified atom stereocenters. The first-order chi connectivity index (χ1) is 34.3. The standard InChI is InChI=1S/C61H72O10/c1-39(2)19-18-20-40(3)48-31-32-49-47-30-29-45-37-46(33-35-60(45,4)50(47)34-36-61(48,49)5)67-59-54(71-58(65)44-27-16-9-17-28-44)53(70-57(64)43-25-14-8-15-26-43)52(69-56(63)42-23-12-7-13-24-42)51(68-59)38-66-55(62)41-21-10-6-11-22-41/h6-17,21-29,39-40,46-54,59H,18-20,30-38H2,1-5H3/t40-,46+,47+,48-,49+,50+,51-,52+,53+,54-,59-,60+,61-/m1/s1. The third-order valence-corrected chi connectivity index (χ3v) is 17.3. The van der Waals surface area contributed by atoms with Crippen molar-refractivity contribution < 1.29 is 47.6 Å². The van der Waals surface area contributed by atoms with Gasteiger partial charge in [-0.3, -0.25) is 0 Å². The summed E-state index contributed by atoms with van der Waals surface area (Å²) in [6, 6.07) is 33.9. The zero-order valence-corrected chi connectivity index (χ0v) is 42.1. The Kier molecular flexibility index (Phi) is 15.6. The first kappa shape index (κ1) is 50.4. The fourth-order valence-electron chi connectivity index (χ4n) is 13.6. The molecular weight excluding hydrogens is 893 g/mol. The molecule has 13 atom stereocenters. The Morgan fingerprint density at radius 3 is 1.70 bits per heavy atom. The van der Waals surface area contributed by atoms with Gasteiger partial charge in [0, 0.05) is 0 Å². The molecule has 0 bridgehead atoms. The van der Waals surface area contributed by atoms with Crippen LogP contribution in [0, 0.1) is 46.3 Å². The average molecular weight is 965 g/mol. The minimum Gasteiger partial charge on any atom is -0.459 e. The maximum atomic E-state index is 14.2. The summed E-state index contributed by atoms with van der Waals surface area (Å²) in [5.74, 6) is 1.43. The molecular formula is C61H72O10. The van der Waals surface area contributed by atoms with E-state index in [1.54, 1.807) is 121 Å². The van der Waals surface area contributed by atoms with Crippen LogP contribution in [-0.2, 0) is 28.4 Å². The molecule has 0 amide bonds. The molecule has 4 aromatic carbocycles. The highest BCUT2D eigenvalue weighted by molar-refractivity contribution is 5.91. The molecule has 0 radical (unpaired) electrons. The van der Waals surface area contributed by atoms with Gasteiger partial charge < -0.3 is 28.4 Å². The third kappa shape index (κ3) is 10.9. The quantitative estimate of drug-likeness (QED) is 0.0609. The summed E-state index contributed by atoms with van der Waals surface area (Å²) in [7, 11) is 0. The SMILES string of the molecule is CC(C)CCC[C@@H](C)[C@H]1CC[C@H]2[C@@H]3CC=C4C[C@@H](O[C@@H]5O[C@H](COC(=O)c6ccccc6)[C@H](OC(=O)c6ccccc6)[C@H](OC(=O)c6ccccc6)[C@H]5OC(=O)c5ccccc5)CC[C@]4(C)[C@H]3CC[C@]12C. The van der Waals surface area contributed by atoms with Crippen molar-refractivity contribution >= 4 is 23.9 Å². The summed E-state index contributed by atoms with van der Waals surface area (Å²) in [5, 5.41) is 0. The van der Waals surface area contributed by atoms with Gasteiger partial charge in [0.15, 0.2) is 24.6 Å². The molecule has 10 nitrogen and oxygen atoms in total. The van der Waals surface area contributed by atoms with Gasteiger partial charge in [-0.2, -0.15) is 0 Å². The van der Waals surface area contributed by atoms with E-state index in [4.69, 9.17) is 28.4 Å². The lowest BCUT2D eigenvalue weighted by atomic mass is 9.47. The average Bonchev–Trinajstić information content (AvgIpc) is 3.75. The van der Waals surface area contributed by atoms with E-state index in [0.717, 1.165) is 42.9 Å². The summed E-state index contributed by atoms with van der Waals surface area (Å²) in [4.78, 5) is 56.0. The molecule has 71 heavy (non-hydrogen) atoms. The van der Waals surface area contributed by atoms with Crippen LogP contribution in [-0.4, -0.2) is 67.3 Å². The fourth-order valence-corrected chi connectivity index (χ4v) is 13.6. The van der Waals surface area contributed by atoms with Gasteiger partial charge in [0.05, 0.1) is 28.4 Å². The van der Waals surface area contributed by atoms with Gasteiger partial charge in [0.1, 0.15) is 12.7 Å². The summed E-state index contributed by atoms with van der Waals surface area (Å²) >= 11 is 0. The number of carbonyl (C=O) groups excluding carboxylic acids is 4. The third-order valence-electron chi connectivity index (χ3n) is 17.3. The first-order valence-electron chi connectivity index (χ1n) is 26.3. The number of hydrogen-bond donors (Lipinski definition) is 0. The minimum atomic E-state index is -1.48. The highest BCUT2D eigenvalue weighted by Crippen LogP contribution is 2.67. The second-order valence-corrected chi connectivity index (χ2v) is 22.0. The van der Waals surface area contributed by atoms with E-state index in [1.165, 1.54) is 50.5 Å². The highest BCUT2D eigenvalue weighted by atomic mass is 16.7. The first-order valence-corrected chi connectivity index (χ1v) is 26.3. The van der Waals surface area contributed by atoms with Crippen molar-refractivity contribution in [1.29, 1.82) is 0 Å². The Balaban J connectivity index is 1.01. The summed E-state index contributed by atoms with van der Waals surface area (Å²) in [6.07, 6.45) is 7.77. The molecule has 5 aliphatic rings. The van der Waals surface area contributed by atoms with Gasteiger partial charge in [-0.25, -0.2) is 19.2 Å². The van der Waals surface area contributed by atoms with Crippen LogP contribution in [0.25, 0.3) is 0 Å². The molecule has 9 rings (SSSR count). The van der Waals surface area contributed by atoms with Crippen LogP contribution < -0.4 is 0 Å². The van der Waals surface area contributed by atoms with Crippen molar-refractivity contribution in [3.8, 4) is 0 Å². The van der Waals surface area contributed by atoms with Gasteiger partial charge in [-0.15, -0.1) is 0 Å². The predicted octanol–water partition coefficient (Wildman–Crippen LogP) is 12.7. The summed E-state index contributed by atoms with van der Waals surface area (Å²) in [6.45, 7) is 11.9. The monoisotopic (exact) mass is 965 g/mol. The molecule has 0 aromatic heterocycles. The Labute approximate surface area is 420 Å². The summed E-state index contributed by atoms with van der Waals surface area (Å²) < 4.78 is 38.7. The Morgan fingerprint density at radius 1 is 0.606 bits per heavy atom. The Morgan fingerprint density at radius 2 is 1.14 bits per heavy atom. The van der Waals surface area contributed by atoms with E-state index in [-0.39, 0.29) is 28.2 Å². The van der Waals surface area contributed by atoms with Gasteiger partial charge in [0.25, 0.3) is 0 Å². The zero-order valence-electron chi connectivity index (χ0n) is 42.1. The normalized spacial score (nSPS) is 31.4. The van der Waals surface area contributed by atoms with Crippen LogP contribution in [0.1, 0.15) is 147 Å². The number of rotatable bonds is 16. The van der Waals surface area contributed by atoms with Crippen LogP contribution >= 0.6 is 0 Å². The molecule has 0 N–H and O–H groups in total. The van der Waals surface area contributed by atoms with E-state index in [9.17, 15) is 19.2 Å². The molecule has 3 saturated carbocycles. The second-order valence-electron chi connectivity index (χ2n) is 22.0. The van der Waals surface area contributed by atoms with Crippen LogP contribution in [0.15, 0.2) is 133 Å². The largest absolute Gasteiger partial charge is 0.459 e. The topological polar surface area (TPSA) is 124 Å². The zero-order chi connectivity index (χ0) is 49.7. The number of allylic oxidation sites excluding steroid dienone is 1. The smallest absolute Gasteiger partial charge is 0.338 e. The van der Waals surface area contributed by atoms with E-state index in [2.05, 4.69) is 40.7 Å². The summed E-state index contributed by atoms with van der Waals surface area (Å²) in [5.41, 5.74) is 2.83. The number of fused-ring (bicyclic) bond motifs is 5. The van der Waals surface area contributed by atoms with Crippen molar-refractivity contribution in [2.45, 2.75) is 142 Å². The number of hydrogen-bond acceptors (Lipinski definition) is 10. The van der Waals surface area contributed by atoms with Crippen LogP contribution in [0.5, 0.6) is 0 Å². The van der Waals surface area contributed by atoms with Crippen LogP contribution in [0.4, 0.5) is 0 Å². The van der Waals surface area contributed by atoms with E-state index in [1.807, 2.05) is 0 Å². The van der Waals surface area contributed by atoms with Gasteiger partial charge in [0.2, 0.25) is 0 Å².